The fourth-order valence-electron chi connectivity index (χ4n) is 2.07. The number of carbonyl (C=O) groups is 1. The maximum atomic E-state index is 12.2. The van der Waals surface area contributed by atoms with E-state index in [0.717, 1.165) is 24.2 Å². The van der Waals surface area contributed by atoms with Gasteiger partial charge in [0.2, 0.25) is 0 Å². The maximum absolute atomic E-state index is 12.2. The van der Waals surface area contributed by atoms with Gasteiger partial charge in [0.15, 0.2) is 0 Å². The second-order valence-electron chi connectivity index (χ2n) is 6.77. The summed E-state index contributed by atoms with van der Waals surface area (Å²) in [7, 11) is 1.78. The average molecular weight is 306 g/mol. The molecule has 0 aromatic heterocycles. The molecule has 0 fully saturated rings. The molecule has 1 atom stereocenters. The number of amides is 1. The number of nitrogens with one attached hydrogen (secondary N) is 1. The summed E-state index contributed by atoms with van der Waals surface area (Å²) in [4.78, 5) is 13.8. The lowest BCUT2D eigenvalue weighted by Gasteiger charge is -2.29. The number of hydrogen-bond donors (Lipinski definition) is 1. The number of hydrogen-bond acceptors (Lipinski definition) is 3. The summed E-state index contributed by atoms with van der Waals surface area (Å²) in [5.41, 5.74) is 2.96. The molecule has 1 N–H and O–H groups in total. The molecule has 1 unspecified atom stereocenters. The molecule has 124 valence electrons. The quantitative estimate of drug-likeness (QED) is 0.854. The summed E-state index contributed by atoms with van der Waals surface area (Å²) in [6.07, 6.45) is 0.778. The molecule has 0 radical (unpaired) electrons. The minimum absolute atomic E-state index is 0.0439. The van der Waals surface area contributed by atoms with Crippen molar-refractivity contribution in [1.29, 1.82) is 0 Å². The van der Waals surface area contributed by atoms with Crippen LogP contribution in [0.15, 0.2) is 18.2 Å². The number of rotatable bonds is 5. The zero-order valence-corrected chi connectivity index (χ0v) is 15.0. The Balaban J connectivity index is 2.88. The third-order valence-electron chi connectivity index (χ3n) is 3.57. The summed E-state index contributed by atoms with van der Waals surface area (Å²) >= 11 is 0. The Morgan fingerprint density at radius 1 is 1.36 bits per heavy atom. The third-order valence-corrected chi connectivity index (χ3v) is 3.57. The van der Waals surface area contributed by atoms with Gasteiger partial charge in [-0.05, 0) is 58.2 Å². The fraction of sp³-hybridized carbons (Fsp3) is 0.611. The van der Waals surface area contributed by atoms with Crippen LogP contribution in [0.4, 0.5) is 10.5 Å². The van der Waals surface area contributed by atoms with Gasteiger partial charge in [-0.2, -0.15) is 0 Å². The molecule has 4 heteroatoms. The van der Waals surface area contributed by atoms with Crippen LogP contribution in [0.3, 0.4) is 0 Å². The van der Waals surface area contributed by atoms with Crippen molar-refractivity contribution in [2.75, 3.05) is 18.9 Å². The standard InChI is InChI=1S/C18H30N2O2/c1-8-11-19-16-12-15(10-9-13(16)2)14(3)20(7)17(21)22-18(4,5)6/h9-10,12,14,19H,8,11H2,1-7H3. The van der Waals surface area contributed by atoms with E-state index in [9.17, 15) is 4.79 Å². The van der Waals surface area contributed by atoms with Gasteiger partial charge in [0, 0.05) is 19.3 Å². The van der Waals surface area contributed by atoms with E-state index in [1.54, 1.807) is 11.9 Å². The van der Waals surface area contributed by atoms with Crippen LogP contribution in [0.5, 0.6) is 0 Å². The fourth-order valence-corrected chi connectivity index (χ4v) is 2.07. The Hall–Kier alpha value is -1.71. The molecule has 0 saturated heterocycles. The average Bonchev–Trinajstić information content (AvgIpc) is 2.43. The van der Waals surface area contributed by atoms with E-state index in [1.165, 1.54) is 5.56 Å². The van der Waals surface area contributed by atoms with Gasteiger partial charge in [0.1, 0.15) is 5.60 Å². The second kappa shape index (κ2) is 7.52. The Labute approximate surface area is 134 Å². The van der Waals surface area contributed by atoms with Crippen molar-refractivity contribution in [3.8, 4) is 0 Å². The zero-order valence-electron chi connectivity index (χ0n) is 15.0. The summed E-state index contributed by atoms with van der Waals surface area (Å²) in [6, 6.07) is 6.24. The molecule has 1 rings (SSSR count). The minimum Gasteiger partial charge on any atom is -0.444 e. The van der Waals surface area contributed by atoms with E-state index >= 15 is 0 Å². The van der Waals surface area contributed by atoms with Crippen LogP contribution in [0.1, 0.15) is 58.2 Å². The second-order valence-corrected chi connectivity index (χ2v) is 6.77. The molecule has 0 bridgehead atoms. The normalized spacial score (nSPS) is 12.7. The van der Waals surface area contributed by atoms with E-state index in [0.29, 0.717) is 0 Å². The molecule has 0 heterocycles. The highest BCUT2D eigenvalue weighted by Gasteiger charge is 2.24. The van der Waals surface area contributed by atoms with Gasteiger partial charge < -0.3 is 15.0 Å². The molecule has 1 amide bonds. The first-order valence-corrected chi connectivity index (χ1v) is 7.96. The summed E-state index contributed by atoms with van der Waals surface area (Å²) < 4.78 is 5.43. The number of carbonyl (C=O) groups excluding carboxylic acids is 1. The highest BCUT2D eigenvalue weighted by molar-refractivity contribution is 5.68. The van der Waals surface area contributed by atoms with Gasteiger partial charge in [0.05, 0.1) is 6.04 Å². The smallest absolute Gasteiger partial charge is 0.410 e. The van der Waals surface area contributed by atoms with Gasteiger partial charge in [-0.15, -0.1) is 0 Å². The first-order valence-electron chi connectivity index (χ1n) is 7.96. The van der Waals surface area contributed by atoms with E-state index in [4.69, 9.17) is 4.74 Å². The molecule has 0 aliphatic carbocycles. The molecule has 0 saturated carbocycles. The lowest BCUT2D eigenvalue weighted by atomic mass is 10.0. The first-order chi connectivity index (χ1) is 10.2. The number of benzene rings is 1. The Kier molecular flexibility index (Phi) is 6.27. The van der Waals surface area contributed by atoms with Crippen LogP contribution >= 0.6 is 0 Å². The van der Waals surface area contributed by atoms with Crippen molar-refractivity contribution in [1.82, 2.24) is 4.90 Å². The Morgan fingerprint density at radius 3 is 2.55 bits per heavy atom. The monoisotopic (exact) mass is 306 g/mol. The van der Waals surface area contributed by atoms with E-state index < -0.39 is 5.60 Å². The van der Waals surface area contributed by atoms with Gasteiger partial charge in [-0.3, -0.25) is 0 Å². The Morgan fingerprint density at radius 2 is 2.00 bits per heavy atom. The van der Waals surface area contributed by atoms with Crippen LogP contribution in [0, 0.1) is 6.92 Å². The molecule has 4 nitrogen and oxygen atoms in total. The van der Waals surface area contributed by atoms with E-state index in [-0.39, 0.29) is 12.1 Å². The van der Waals surface area contributed by atoms with Crippen molar-refractivity contribution < 1.29 is 9.53 Å². The molecular formula is C18H30N2O2. The number of nitrogens with zero attached hydrogens (tertiary/aromatic N) is 1. The van der Waals surface area contributed by atoms with Gasteiger partial charge in [0.25, 0.3) is 0 Å². The third kappa shape index (κ3) is 5.24. The zero-order chi connectivity index (χ0) is 16.9. The summed E-state index contributed by atoms with van der Waals surface area (Å²) in [5.74, 6) is 0. The maximum Gasteiger partial charge on any atom is 0.410 e. The van der Waals surface area contributed by atoms with Crippen LogP contribution in [-0.2, 0) is 4.74 Å². The van der Waals surface area contributed by atoms with Crippen molar-refractivity contribution >= 4 is 11.8 Å². The molecule has 0 aliphatic rings. The minimum atomic E-state index is -0.480. The summed E-state index contributed by atoms with van der Waals surface area (Å²) in [6.45, 7) is 12.8. The predicted octanol–water partition coefficient (Wildman–Crippen LogP) is 4.74. The number of ether oxygens (including phenoxy) is 1. The first kappa shape index (κ1) is 18.3. The van der Waals surface area contributed by atoms with Crippen LogP contribution < -0.4 is 5.32 Å². The SMILES string of the molecule is CCCNc1cc(C(C)N(C)C(=O)OC(C)(C)C)ccc1C. The predicted molar refractivity (Wildman–Crippen MR) is 92.4 cm³/mol. The van der Waals surface area contributed by atoms with Crippen LogP contribution in [-0.4, -0.2) is 30.2 Å². The molecule has 0 spiro atoms. The van der Waals surface area contributed by atoms with Crippen molar-refractivity contribution in [3.63, 3.8) is 0 Å². The summed E-state index contributed by atoms with van der Waals surface area (Å²) in [5, 5.41) is 3.43. The lowest BCUT2D eigenvalue weighted by molar-refractivity contribution is 0.0234. The van der Waals surface area contributed by atoms with Gasteiger partial charge >= 0.3 is 6.09 Å². The Bertz CT molecular complexity index is 506. The van der Waals surface area contributed by atoms with E-state index in [1.807, 2.05) is 27.7 Å². The number of anilines is 1. The lowest BCUT2D eigenvalue weighted by Crippen LogP contribution is -2.35. The molecule has 0 aliphatic heterocycles. The highest BCUT2D eigenvalue weighted by Crippen LogP contribution is 2.25. The highest BCUT2D eigenvalue weighted by atomic mass is 16.6. The topological polar surface area (TPSA) is 41.6 Å². The largest absolute Gasteiger partial charge is 0.444 e. The van der Waals surface area contributed by atoms with E-state index in [2.05, 4.69) is 37.4 Å². The van der Waals surface area contributed by atoms with Crippen molar-refractivity contribution in [3.05, 3.63) is 29.3 Å². The van der Waals surface area contributed by atoms with Gasteiger partial charge in [-0.25, -0.2) is 4.79 Å². The van der Waals surface area contributed by atoms with Crippen molar-refractivity contribution in [2.24, 2.45) is 0 Å². The molecular weight excluding hydrogens is 276 g/mol. The molecule has 1 aromatic rings. The van der Waals surface area contributed by atoms with Crippen molar-refractivity contribution in [2.45, 2.75) is 59.6 Å². The number of aryl methyl sites for hydroxylation is 1. The van der Waals surface area contributed by atoms with Gasteiger partial charge in [-0.1, -0.05) is 19.1 Å². The van der Waals surface area contributed by atoms with Crippen LogP contribution in [0.2, 0.25) is 0 Å². The van der Waals surface area contributed by atoms with Crippen LogP contribution in [0.25, 0.3) is 0 Å². The molecule has 1 aromatic carbocycles. The molecule has 22 heavy (non-hydrogen) atoms.